The standard InChI is InChI=1S/C33H50N3Si/c1-7-9-10-11-17-36-19-13-15-27-21-29-33(23-31(27)36)37(24(3)4,25(5)6)32-22-30-26(20-28(32)34-29)14-12-18-35(30)16-8-2/h20-25H,7-19H2,1-6H3/q+1. The molecule has 0 aromatic heterocycles. The third-order valence-electron chi connectivity index (χ3n) is 9.55. The van der Waals surface area contributed by atoms with Crippen molar-refractivity contribution in [1.82, 2.24) is 4.58 Å². The van der Waals surface area contributed by atoms with Gasteiger partial charge in [-0.05, 0) is 70.9 Å². The molecule has 3 aliphatic heterocycles. The molecule has 200 valence electrons. The van der Waals surface area contributed by atoms with Gasteiger partial charge in [-0.15, -0.1) is 0 Å². The maximum absolute atomic E-state index is 5.47. The molecule has 0 radical (unpaired) electrons. The summed E-state index contributed by atoms with van der Waals surface area (Å²) in [6, 6.07) is 10.3. The first-order chi connectivity index (χ1) is 17.9. The monoisotopic (exact) mass is 516 g/mol. The molecule has 4 heteroatoms. The van der Waals surface area contributed by atoms with Gasteiger partial charge in [0.25, 0.3) is 0 Å². The van der Waals surface area contributed by atoms with Gasteiger partial charge in [0.05, 0.1) is 11.0 Å². The summed E-state index contributed by atoms with van der Waals surface area (Å²) in [5.41, 5.74) is 7.15. The van der Waals surface area contributed by atoms with E-state index in [-0.39, 0.29) is 0 Å². The summed E-state index contributed by atoms with van der Waals surface area (Å²) in [4.78, 5) is 8.19. The smallest absolute Gasteiger partial charge is 0.203 e. The zero-order valence-electron chi connectivity index (χ0n) is 24.5. The Bertz CT molecular complexity index is 1250. The number of aryl methyl sites for hydroxylation is 2. The predicted molar refractivity (Wildman–Crippen MR) is 163 cm³/mol. The summed E-state index contributed by atoms with van der Waals surface area (Å²) in [6.45, 7) is 19.4. The molecule has 2 aromatic rings. The third kappa shape index (κ3) is 4.62. The molecule has 0 N–H and O–H groups in total. The fourth-order valence-electron chi connectivity index (χ4n) is 7.89. The lowest BCUT2D eigenvalue weighted by molar-refractivity contribution is 0.516. The molecule has 0 saturated heterocycles. The van der Waals surface area contributed by atoms with Crippen LogP contribution in [0, 0.1) is 0 Å². The number of rotatable bonds is 9. The zero-order chi connectivity index (χ0) is 26.2. The van der Waals surface area contributed by atoms with Crippen LogP contribution in [0.1, 0.15) is 97.6 Å². The van der Waals surface area contributed by atoms with Gasteiger partial charge in [-0.2, -0.15) is 0 Å². The number of fused-ring (bicyclic) bond motifs is 4. The summed E-state index contributed by atoms with van der Waals surface area (Å²) in [5, 5.41) is 6.03. The van der Waals surface area contributed by atoms with Crippen LogP contribution in [0.4, 0.5) is 11.4 Å². The highest BCUT2D eigenvalue weighted by atomic mass is 28.3. The highest BCUT2D eigenvalue weighted by Gasteiger charge is 2.48. The van der Waals surface area contributed by atoms with Gasteiger partial charge in [0, 0.05) is 43.2 Å². The van der Waals surface area contributed by atoms with Crippen LogP contribution in [0.15, 0.2) is 29.3 Å². The Morgan fingerprint density at radius 2 is 1.65 bits per heavy atom. The summed E-state index contributed by atoms with van der Waals surface area (Å²) >= 11 is 0. The molecule has 37 heavy (non-hydrogen) atoms. The van der Waals surface area contributed by atoms with Gasteiger partial charge in [0.2, 0.25) is 5.36 Å². The van der Waals surface area contributed by atoms with E-state index >= 15 is 0 Å². The zero-order valence-corrected chi connectivity index (χ0v) is 25.5. The first kappa shape index (κ1) is 26.7. The topological polar surface area (TPSA) is 18.6 Å². The van der Waals surface area contributed by atoms with Crippen molar-refractivity contribution in [3.05, 3.63) is 46.1 Å². The van der Waals surface area contributed by atoms with Gasteiger partial charge in [0.15, 0.2) is 0 Å². The molecule has 5 rings (SSSR count). The molecular weight excluding hydrogens is 466 g/mol. The molecule has 0 amide bonds. The van der Waals surface area contributed by atoms with Crippen LogP contribution in [0.2, 0.25) is 11.1 Å². The summed E-state index contributed by atoms with van der Waals surface area (Å²) in [7, 11) is -2.07. The Morgan fingerprint density at radius 3 is 2.38 bits per heavy atom. The number of benzene rings is 2. The fraction of sp³-hybridized carbons (Fsp3) is 0.636. The second-order valence-corrected chi connectivity index (χ2v) is 17.7. The molecule has 0 spiro atoms. The quantitative estimate of drug-likeness (QED) is 0.244. The van der Waals surface area contributed by atoms with E-state index in [2.05, 4.69) is 75.3 Å². The van der Waals surface area contributed by atoms with E-state index in [1.807, 2.05) is 0 Å². The maximum atomic E-state index is 5.47. The highest BCUT2D eigenvalue weighted by Crippen LogP contribution is 2.39. The Kier molecular flexibility index (Phi) is 7.95. The van der Waals surface area contributed by atoms with E-state index in [4.69, 9.17) is 4.99 Å². The Balaban J connectivity index is 1.72. The summed E-state index contributed by atoms with van der Waals surface area (Å²) < 4.78 is 2.67. The molecule has 0 bridgehead atoms. The van der Waals surface area contributed by atoms with Gasteiger partial charge in [0.1, 0.15) is 21.2 Å². The van der Waals surface area contributed by atoms with Crippen LogP contribution >= 0.6 is 0 Å². The van der Waals surface area contributed by atoms with Crippen molar-refractivity contribution in [3.63, 3.8) is 0 Å². The lowest BCUT2D eigenvalue weighted by Crippen LogP contribution is -2.69. The van der Waals surface area contributed by atoms with Gasteiger partial charge in [-0.1, -0.05) is 60.8 Å². The van der Waals surface area contributed by atoms with Crippen molar-refractivity contribution in [3.8, 4) is 0 Å². The Labute approximate surface area is 226 Å². The number of unbranched alkanes of at least 4 members (excludes halogenated alkanes) is 3. The van der Waals surface area contributed by atoms with Crippen molar-refractivity contribution in [1.29, 1.82) is 0 Å². The third-order valence-corrected chi connectivity index (χ3v) is 15.8. The SMILES string of the molecule is CCCCCCN1CCCc2cc3c(cc21)[Si](C(C)C)(C(C)C)c1cc2c(cc1=N3)CCC[N+]=2CCC. The van der Waals surface area contributed by atoms with Gasteiger partial charge < -0.3 is 4.90 Å². The van der Waals surface area contributed by atoms with E-state index in [0.717, 1.165) is 6.54 Å². The van der Waals surface area contributed by atoms with E-state index < -0.39 is 8.07 Å². The number of hydrogen-bond acceptors (Lipinski definition) is 2. The molecule has 2 aromatic carbocycles. The highest BCUT2D eigenvalue weighted by molar-refractivity contribution is 7.05. The lowest BCUT2D eigenvalue weighted by atomic mass is 10.00. The van der Waals surface area contributed by atoms with Gasteiger partial charge in [-0.3, -0.25) is 0 Å². The minimum Gasteiger partial charge on any atom is -0.371 e. The Morgan fingerprint density at radius 1 is 0.865 bits per heavy atom. The Hall–Kier alpha value is -1.94. The summed E-state index contributed by atoms with van der Waals surface area (Å²) in [6.07, 6.45) is 11.5. The minimum absolute atomic E-state index is 0.626. The normalized spacial score (nSPS) is 17.8. The molecule has 0 saturated carbocycles. The maximum Gasteiger partial charge on any atom is 0.203 e. The van der Waals surface area contributed by atoms with Gasteiger partial charge >= 0.3 is 0 Å². The average molecular weight is 517 g/mol. The second kappa shape index (κ2) is 11.0. The molecule has 0 fully saturated rings. The molecule has 0 atom stereocenters. The van der Waals surface area contributed by atoms with E-state index in [9.17, 15) is 0 Å². The molecule has 0 aliphatic carbocycles. The van der Waals surface area contributed by atoms with Crippen molar-refractivity contribution in [2.75, 3.05) is 31.1 Å². The molecular formula is C33H50N3Si+. The van der Waals surface area contributed by atoms with Gasteiger partial charge in [-0.25, -0.2) is 9.57 Å². The second-order valence-electron chi connectivity index (χ2n) is 12.5. The van der Waals surface area contributed by atoms with Crippen LogP contribution in [0.25, 0.3) is 0 Å². The average Bonchev–Trinajstić information content (AvgIpc) is 2.87. The van der Waals surface area contributed by atoms with Crippen LogP contribution in [-0.2, 0) is 12.8 Å². The van der Waals surface area contributed by atoms with Crippen LogP contribution < -0.4 is 30.6 Å². The minimum atomic E-state index is -2.07. The van der Waals surface area contributed by atoms with Crippen LogP contribution in [-0.4, -0.2) is 34.3 Å². The number of hydrogen-bond donors (Lipinski definition) is 0. The van der Waals surface area contributed by atoms with Crippen molar-refractivity contribution in [2.24, 2.45) is 4.99 Å². The number of nitrogens with zero attached hydrogens (tertiary/aromatic N) is 3. The number of anilines is 1. The molecule has 0 unspecified atom stereocenters. The van der Waals surface area contributed by atoms with E-state index in [1.165, 1.54) is 111 Å². The molecule has 3 aliphatic rings. The van der Waals surface area contributed by atoms with Crippen LogP contribution in [0.3, 0.4) is 0 Å². The van der Waals surface area contributed by atoms with E-state index in [0.29, 0.717) is 11.1 Å². The molecule has 3 nitrogen and oxygen atoms in total. The first-order valence-corrected chi connectivity index (χ1v) is 17.6. The predicted octanol–water partition coefficient (Wildman–Crippen LogP) is 5.51. The molecule has 3 heterocycles. The first-order valence-electron chi connectivity index (χ1n) is 15.5. The lowest BCUT2D eigenvalue weighted by Gasteiger charge is -2.44. The van der Waals surface area contributed by atoms with Crippen molar-refractivity contribution >= 4 is 29.8 Å². The summed E-state index contributed by atoms with van der Waals surface area (Å²) in [5.74, 6) is 0. The van der Waals surface area contributed by atoms with Crippen molar-refractivity contribution in [2.45, 2.75) is 110 Å². The van der Waals surface area contributed by atoms with E-state index in [1.54, 1.807) is 10.4 Å². The fourth-order valence-corrected chi connectivity index (χ4v) is 13.9. The largest absolute Gasteiger partial charge is 0.371 e. The van der Waals surface area contributed by atoms with Crippen LogP contribution in [0.5, 0.6) is 0 Å². The van der Waals surface area contributed by atoms with Crippen molar-refractivity contribution < 1.29 is 0 Å².